The molecule has 2 rings (SSSR count). The normalized spacial score (nSPS) is 20.7. The summed E-state index contributed by atoms with van der Waals surface area (Å²) < 4.78 is 0. The van der Waals surface area contributed by atoms with Crippen LogP contribution in [0.25, 0.3) is 0 Å². The average Bonchev–Trinajstić information content (AvgIpc) is 2.52. The first-order chi connectivity index (χ1) is 8.30. The lowest BCUT2D eigenvalue weighted by Gasteiger charge is -2.20. The zero-order valence-corrected chi connectivity index (χ0v) is 10.9. The van der Waals surface area contributed by atoms with E-state index < -0.39 is 6.04 Å². The van der Waals surface area contributed by atoms with Crippen LogP contribution >= 0.6 is 0 Å². The average molecular weight is 246 g/mol. The molecule has 96 valence electrons. The molecule has 2 amide bonds. The number of imide groups is 1. The molecule has 1 aliphatic rings. The Balaban J connectivity index is 2.31. The Bertz CT molecular complexity index is 486. The van der Waals surface area contributed by atoms with Crippen molar-refractivity contribution >= 4 is 17.5 Å². The minimum Gasteiger partial charge on any atom is -0.319 e. The first-order valence-corrected chi connectivity index (χ1v) is 6.03. The summed E-state index contributed by atoms with van der Waals surface area (Å²) in [6.45, 7) is 6.35. The van der Waals surface area contributed by atoms with E-state index in [-0.39, 0.29) is 23.7 Å². The summed E-state index contributed by atoms with van der Waals surface area (Å²) >= 11 is 0. The second-order valence-electron chi connectivity index (χ2n) is 5.67. The molecule has 1 heterocycles. The molecular formula is C14H18N2O2. The summed E-state index contributed by atoms with van der Waals surface area (Å²) in [6, 6.07) is 6.79. The van der Waals surface area contributed by atoms with Gasteiger partial charge < -0.3 is 5.73 Å². The molecule has 1 aliphatic heterocycles. The molecule has 0 spiro atoms. The maximum Gasteiger partial charge on any atom is 0.251 e. The SMILES string of the molecule is CC(C)(C)c1ccc(N2C(=O)CC(N)C2=O)cc1. The van der Waals surface area contributed by atoms with Crippen molar-refractivity contribution in [2.75, 3.05) is 4.90 Å². The topological polar surface area (TPSA) is 63.4 Å². The standard InChI is InChI=1S/C14H18N2O2/c1-14(2,3)9-4-6-10(7-5-9)16-12(17)8-11(15)13(16)18/h4-7,11H,8,15H2,1-3H3. The number of rotatable bonds is 1. The van der Waals surface area contributed by atoms with Crippen LogP contribution in [0.2, 0.25) is 0 Å². The van der Waals surface area contributed by atoms with Gasteiger partial charge in [-0.1, -0.05) is 32.9 Å². The number of benzene rings is 1. The number of carbonyl (C=O) groups is 2. The molecule has 18 heavy (non-hydrogen) atoms. The Morgan fingerprint density at radius 3 is 2.11 bits per heavy atom. The van der Waals surface area contributed by atoms with Crippen molar-refractivity contribution < 1.29 is 9.59 Å². The molecule has 1 aromatic rings. The summed E-state index contributed by atoms with van der Waals surface area (Å²) in [5.41, 5.74) is 7.40. The van der Waals surface area contributed by atoms with Gasteiger partial charge in [-0.25, -0.2) is 4.90 Å². The molecule has 4 nitrogen and oxygen atoms in total. The van der Waals surface area contributed by atoms with Gasteiger partial charge in [0.25, 0.3) is 5.91 Å². The first-order valence-electron chi connectivity index (χ1n) is 6.03. The smallest absolute Gasteiger partial charge is 0.251 e. The predicted octanol–water partition coefficient (Wildman–Crippen LogP) is 1.57. The first kappa shape index (κ1) is 12.8. The van der Waals surface area contributed by atoms with Gasteiger partial charge in [-0.2, -0.15) is 0 Å². The maximum atomic E-state index is 11.8. The molecule has 0 saturated carbocycles. The van der Waals surface area contributed by atoms with Gasteiger partial charge in [0.2, 0.25) is 5.91 Å². The lowest BCUT2D eigenvalue weighted by atomic mass is 9.87. The highest BCUT2D eigenvalue weighted by molar-refractivity contribution is 6.22. The van der Waals surface area contributed by atoms with Crippen LogP contribution in [0.1, 0.15) is 32.8 Å². The van der Waals surface area contributed by atoms with Crippen LogP contribution in [0.5, 0.6) is 0 Å². The Hall–Kier alpha value is -1.68. The number of nitrogens with zero attached hydrogens (tertiary/aromatic N) is 1. The monoisotopic (exact) mass is 246 g/mol. The molecule has 1 aromatic carbocycles. The van der Waals surface area contributed by atoms with Gasteiger partial charge in [0.1, 0.15) is 0 Å². The third-order valence-corrected chi connectivity index (χ3v) is 3.17. The van der Waals surface area contributed by atoms with E-state index >= 15 is 0 Å². The highest BCUT2D eigenvalue weighted by atomic mass is 16.2. The zero-order valence-electron chi connectivity index (χ0n) is 10.9. The predicted molar refractivity (Wildman–Crippen MR) is 70.2 cm³/mol. The van der Waals surface area contributed by atoms with Gasteiger partial charge in [-0.15, -0.1) is 0 Å². The molecule has 2 N–H and O–H groups in total. The van der Waals surface area contributed by atoms with Crippen molar-refractivity contribution in [3.05, 3.63) is 29.8 Å². The number of nitrogens with two attached hydrogens (primary N) is 1. The fourth-order valence-electron chi connectivity index (χ4n) is 2.04. The van der Waals surface area contributed by atoms with E-state index in [1.54, 1.807) is 12.1 Å². The van der Waals surface area contributed by atoms with Crippen LogP contribution in [-0.4, -0.2) is 17.9 Å². The number of anilines is 1. The molecule has 0 aliphatic carbocycles. The molecule has 4 heteroatoms. The van der Waals surface area contributed by atoms with E-state index in [1.807, 2.05) is 12.1 Å². The zero-order chi connectivity index (χ0) is 13.5. The Kier molecular flexibility index (Phi) is 2.99. The van der Waals surface area contributed by atoms with Crippen LogP contribution in [-0.2, 0) is 15.0 Å². The highest BCUT2D eigenvalue weighted by Gasteiger charge is 2.37. The van der Waals surface area contributed by atoms with E-state index in [4.69, 9.17) is 5.73 Å². The summed E-state index contributed by atoms with van der Waals surface area (Å²) in [6.07, 6.45) is 0.0971. The van der Waals surface area contributed by atoms with Crippen LogP contribution in [0.4, 0.5) is 5.69 Å². The summed E-state index contributed by atoms with van der Waals surface area (Å²) in [5.74, 6) is -0.542. The van der Waals surface area contributed by atoms with E-state index in [2.05, 4.69) is 20.8 Å². The van der Waals surface area contributed by atoms with Crippen molar-refractivity contribution in [2.24, 2.45) is 5.73 Å². The second-order valence-corrected chi connectivity index (χ2v) is 5.67. The Morgan fingerprint density at radius 2 is 1.72 bits per heavy atom. The van der Waals surface area contributed by atoms with Gasteiger partial charge in [0, 0.05) is 0 Å². The van der Waals surface area contributed by atoms with Gasteiger partial charge in [0.15, 0.2) is 0 Å². The fraction of sp³-hybridized carbons (Fsp3) is 0.429. The number of carbonyl (C=O) groups excluding carboxylic acids is 2. The lowest BCUT2D eigenvalue weighted by Crippen LogP contribution is -2.35. The number of amides is 2. The van der Waals surface area contributed by atoms with Crippen molar-refractivity contribution in [3.8, 4) is 0 Å². The van der Waals surface area contributed by atoms with Crippen LogP contribution in [0, 0.1) is 0 Å². The minimum atomic E-state index is -0.695. The van der Waals surface area contributed by atoms with E-state index in [1.165, 1.54) is 4.90 Å². The summed E-state index contributed by atoms with van der Waals surface area (Å²) in [5, 5.41) is 0. The number of hydrogen-bond acceptors (Lipinski definition) is 3. The Labute approximate surface area is 107 Å². The number of hydrogen-bond donors (Lipinski definition) is 1. The van der Waals surface area contributed by atoms with Gasteiger partial charge in [-0.05, 0) is 23.1 Å². The van der Waals surface area contributed by atoms with Crippen molar-refractivity contribution in [1.29, 1.82) is 0 Å². The molecule has 0 radical (unpaired) electrons. The minimum absolute atomic E-state index is 0.0496. The maximum absolute atomic E-state index is 11.8. The van der Waals surface area contributed by atoms with Crippen molar-refractivity contribution in [2.45, 2.75) is 38.6 Å². The van der Waals surface area contributed by atoms with Crippen LogP contribution in [0.15, 0.2) is 24.3 Å². The third kappa shape index (κ3) is 2.16. The van der Waals surface area contributed by atoms with Gasteiger partial charge >= 0.3 is 0 Å². The van der Waals surface area contributed by atoms with Crippen molar-refractivity contribution in [3.63, 3.8) is 0 Å². The molecular weight excluding hydrogens is 228 g/mol. The fourth-order valence-corrected chi connectivity index (χ4v) is 2.04. The molecule has 1 unspecified atom stereocenters. The Morgan fingerprint density at radius 1 is 1.17 bits per heavy atom. The van der Waals surface area contributed by atoms with E-state index in [0.717, 1.165) is 5.56 Å². The molecule has 1 saturated heterocycles. The van der Waals surface area contributed by atoms with Gasteiger partial charge in [-0.3, -0.25) is 9.59 Å². The van der Waals surface area contributed by atoms with Crippen LogP contribution in [0.3, 0.4) is 0 Å². The second kappa shape index (κ2) is 4.21. The summed E-state index contributed by atoms with van der Waals surface area (Å²) in [7, 11) is 0. The summed E-state index contributed by atoms with van der Waals surface area (Å²) in [4.78, 5) is 24.7. The molecule has 1 atom stereocenters. The molecule has 1 fully saturated rings. The third-order valence-electron chi connectivity index (χ3n) is 3.17. The van der Waals surface area contributed by atoms with Crippen LogP contribution < -0.4 is 10.6 Å². The van der Waals surface area contributed by atoms with Crippen molar-refractivity contribution in [1.82, 2.24) is 0 Å². The molecule has 0 aromatic heterocycles. The van der Waals surface area contributed by atoms with E-state index in [9.17, 15) is 9.59 Å². The highest BCUT2D eigenvalue weighted by Crippen LogP contribution is 2.27. The quantitative estimate of drug-likeness (QED) is 0.765. The molecule has 0 bridgehead atoms. The largest absolute Gasteiger partial charge is 0.319 e. The van der Waals surface area contributed by atoms with E-state index in [0.29, 0.717) is 5.69 Å². The lowest BCUT2D eigenvalue weighted by molar-refractivity contribution is -0.121. The van der Waals surface area contributed by atoms with Gasteiger partial charge in [0.05, 0.1) is 18.2 Å².